The van der Waals surface area contributed by atoms with Gasteiger partial charge in [0.1, 0.15) is 0 Å². The lowest BCUT2D eigenvalue weighted by molar-refractivity contribution is -0.0598. The first-order valence-electron chi connectivity index (χ1n) is 6.59. The van der Waals surface area contributed by atoms with Gasteiger partial charge in [-0.1, -0.05) is 37.6 Å². The molecule has 0 aromatic heterocycles. The fraction of sp³-hybridized carbons (Fsp3) is 0.600. The van der Waals surface area contributed by atoms with Crippen LogP contribution in [0.1, 0.15) is 45.1 Å². The van der Waals surface area contributed by atoms with E-state index in [0.29, 0.717) is 17.9 Å². The summed E-state index contributed by atoms with van der Waals surface area (Å²) in [5.41, 5.74) is 6.56. The predicted molar refractivity (Wildman–Crippen MR) is 74.8 cm³/mol. The third kappa shape index (κ3) is 2.77. The average molecular weight is 288 g/mol. The molecule has 1 aliphatic carbocycles. The van der Waals surface area contributed by atoms with Crippen molar-refractivity contribution >= 4 is 11.6 Å². The number of alkyl halides is 2. The molecule has 0 saturated heterocycles. The summed E-state index contributed by atoms with van der Waals surface area (Å²) in [5.74, 6) is -2.56. The van der Waals surface area contributed by atoms with Gasteiger partial charge in [-0.3, -0.25) is 0 Å². The van der Waals surface area contributed by atoms with Crippen LogP contribution >= 0.6 is 11.6 Å². The number of rotatable bonds is 2. The third-order valence-corrected chi connectivity index (χ3v) is 4.94. The monoisotopic (exact) mass is 287 g/mol. The van der Waals surface area contributed by atoms with E-state index >= 15 is 0 Å². The molecule has 0 unspecified atom stereocenters. The molecule has 0 spiro atoms. The molecule has 0 heterocycles. The first kappa shape index (κ1) is 14.7. The van der Waals surface area contributed by atoms with Crippen LogP contribution in [0.4, 0.5) is 8.78 Å². The van der Waals surface area contributed by atoms with E-state index in [1.165, 1.54) is 0 Å². The van der Waals surface area contributed by atoms with Gasteiger partial charge in [-0.25, -0.2) is 8.78 Å². The van der Waals surface area contributed by atoms with Crippen LogP contribution in [0.25, 0.3) is 0 Å². The Morgan fingerprint density at radius 3 is 2.00 bits per heavy atom. The Morgan fingerprint density at radius 1 is 1.05 bits per heavy atom. The van der Waals surface area contributed by atoms with Crippen LogP contribution < -0.4 is 5.73 Å². The van der Waals surface area contributed by atoms with E-state index in [4.69, 9.17) is 17.3 Å². The molecule has 1 aliphatic rings. The summed E-state index contributed by atoms with van der Waals surface area (Å²) in [6, 6.07) is 7.51. The van der Waals surface area contributed by atoms with Crippen LogP contribution in [0.3, 0.4) is 0 Å². The maximum atomic E-state index is 13.3. The standard InChI is InChI=1S/C15H20ClF2N/c1-13(2,11-3-5-12(16)6-4-11)14(19)7-9-15(17,18)10-8-14/h3-6H,7-10,19H2,1-2H3. The van der Waals surface area contributed by atoms with E-state index in [1.54, 1.807) is 0 Å². The van der Waals surface area contributed by atoms with Gasteiger partial charge in [0.15, 0.2) is 0 Å². The highest BCUT2D eigenvalue weighted by atomic mass is 35.5. The molecule has 1 aromatic carbocycles. The molecule has 1 nitrogen and oxygen atoms in total. The molecule has 0 radical (unpaired) electrons. The highest BCUT2D eigenvalue weighted by molar-refractivity contribution is 6.30. The van der Waals surface area contributed by atoms with Crippen molar-refractivity contribution in [3.05, 3.63) is 34.9 Å². The summed E-state index contributed by atoms with van der Waals surface area (Å²) in [6.07, 6.45) is 0.437. The van der Waals surface area contributed by atoms with E-state index in [-0.39, 0.29) is 18.3 Å². The van der Waals surface area contributed by atoms with Crippen molar-refractivity contribution in [3.63, 3.8) is 0 Å². The van der Waals surface area contributed by atoms with Crippen molar-refractivity contribution in [2.75, 3.05) is 0 Å². The van der Waals surface area contributed by atoms with Gasteiger partial charge in [0, 0.05) is 28.8 Å². The van der Waals surface area contributed by atoms with Gasteiger partial charge >= 0.3 is 0 Å². The molecule has 0 amide bonds. The van der Waals surface area contributed by atoms with Gasteiger partial charge in [0.2, 0.25) is 5.92 Å². The molecule has 0 aliphatic heterocycles. The second-order valence-electron chi connectivity index (χ2n) is 6.14. The van der Waals surface area contributed by atoms with Gasteiger partial charge in [0.25, 0.3) is 0 Å². The Bertz CT molecular complexity index is 444. The van der Waals surface area contributed by atoms with Crippen LogP contribution in [-0.2, 0) is 5.41 Å². The summed E-state index contributed by atoms with van der Waals surface area (Å²) in [6.45, 7) is 4.05. The first-order chi connectivity index (χ1) is 8.66. The molecule has 0 bridgehead atoms. The molecule has 106 valence electrons. The van der Waals surface area contributed by atoms with E-state index in [9.17, 15) is 8.78 Å². The van der Waals surface area contributed by atoms with Crippen LogP contribution in [0.15, 0.2) is 24.3 Å². The van der Waals surface area contributed by atoms with E-state index in [0.717, 1.165) is 5.56 Å². The van der Waals surface area contributed by atoms with E-state index in [1.807, 2.05) is 38.1 Å². The molecule has 2 rings (SSSR count). The largest absolute Gasteiger partial charge is 0.324 e. The number of halogens is 3. The lowest BCUT2D eigenvalue weighted by atomic mass is 9.61. The second kappa shape index (κ2) is 4.71. The predicted octanol–water partition coefficient (Wildman–Crippen LogP) is 4.52. The first-order valence-corrected chi connectivity index (χ1v) is 6.97. The Morgan fingerprint density at radius 2 is 1.53 bits per heavy atom. The summed E-state index contributed by atoms with van der Waals surface area (Å²) >= 11 is 5.89. The topological polar surface area (TPSA) is 26.0 Å². The number of hydrogen-bond donors (Lipinski definition) is 1. The van der Waals surface area contributed by atoms with Crippen LogP contribution in [0, 0.1) is 0 Å². The quantitative estimate of drug-likeness (QED) is 0.850. The molecule has 1 aromatic rings. The highest BCUT2D eigenvalue weighted by Gasteiger charge is 2.49. The molecule has 19 heavy (non-hydrogen) atoms. The van der Waals surface area contributed by atoms with Crippen LogP contribution in [0.5, 0.6) is 0 Å². The number of hydrogen-bond acceptors (Lipinski definition) is 1. The minimum Gasteiger partial charge on any atom is -0.324 e. The molecular weight excluding hydrogens is 268 g/mol. The second-order valence-corrected chi connectivity index (χ2v) is 6.58. The van der Waals surface area contributed by atoms with Crippen LogP contribution in [0.2, 0.25) is 5.02 Å². The lowest BCUT2D eigenvalue weighted by Crippen LogP contribution is -2.58. The SMILES string of the molecule is CC(C)(c1ccc(Cl)cc1)C1(N)CCC(F)(F)CC1. The zero-order valence-corrected chi connectivity index (χ0v) is 12.1. The van der Waals surface area contributed by atoms with E-state index < -0.39 is 11.5 Å². The van der Waals surface area contributed by atoms with Crippen LogP contribution in [-0.4, -0.2) is 11.5 Å². The zero-order chi connectivity index (χ0) is 14.3. The number of nitrogens with two attached hydrogens (primary N) is 1. The van der Waals surface area contributed by atoms with Crippen molar-refractivity contribution in [3.8, 4) is 0 Å². The minimum absolute atomic E-state index is 0.124. The molecule has 1 fully saturated rings. The maximum Gasteiger partial charge on any atom is 0.248 e. The Balaban J connectivity index is 2.26. The molecule has 4 heteroatoms. The maximum absolute atomic E-state index is 13.3. The average Bonchev–Trinajstić information content (AvgIpc) is 2.34. The molecule has 2 N–H and O–H groups in total. The minimum atomic E-state index is -2.56. The zero-order valence-electron chi connectivity index (χ0n) is 11.3. The Labute approximate surface area is 118 Å². The smallest absolute Gasteiger partial charge is 0.248 e. The van der Waals surface area contributed by atoms with E-state index in [2.05, 4.69) is 0 Å². The van der Waals surface area contributed by atoms with Gasteiger partial charge < -0.3 is 5.73 Å². The van der Waals surface area contributed by atoms with Gasteiger partial charge in [-0.05, 0) is 30.5 Å². The lowest BCUT2D eigenvalue weighted by Gasteiger charge is -2.48. The molecule has 0 atom stereocenters. The molecular formula is C15H20ClF2N. The van der Waals surface area contributed by atoms with Crippen molar-refractivity contribution in [1.82, 2.24) is 0 Å². The van der Waals surface area contributed by atoms with Gasteiger partial charge in [0.05, 0.1) is 0 Å². The summed E-state index contributed by atoms with van der Waals surface area (Å²) in [5, 5.41) is 0.667. The summed E-state index contributed by atoms with van der Waals surface area (Å²) < 4.78 is 26.6. The Kier molecular flexibility index (Phi) is 3.65. The van der Waals surface area contributed by atoms with Gasteiger partial charge in [-0.2, -0.15) is 0 Å². The third-order valence-electron chi connectivity index (χ3n) is 4.68. The van der Waals surface area contributed by atoms with Crippen molar-refractivity contribution in [1.29, 1.82) is 0 Å². The van der Waals surface area contributed by atoms with Crippen molar-refractivity contribution in [2.45, 2.75) is 56.4 Å². The van der Waals surface area contributed by atoms with Crippen molar-refractivity contribution in [2.24, 2.45) is 5.73 Å². The normalized spacial score (nSPS) is 22.2. The Hall–Kier alpha value is -0.670. The van der Waals surface area contributed by atoms with Crippen molar-refractivity contribution < 1.29 is 8.78 Å². The summed E-state index contributed by atoms with van der Waals surface area (Å²) in [4.78, 5) is 0. The fourth-order valence-electron chi connectivity index (χ4n) is 2.84. The fourth-order valence-corrected chi connectivity index (χ4v) is 2.97. The number of benzene rings is 1. The molecule has 1 saturated carbocycles. The van der Waals surface area contributed by atoms with Gasteiger partial charge in [-0.15, -0.1) is 0 Å². The highest BCUT2D eigenvalue weighted by Crippen LogP contribution is 2.46. The summed E-state index contributed by atoms with van der Waals surface area (Å²) in [7, 11) is 0.